The Morgan fingerprint density at radius 3 is 2.71 bits per heavy atom. The van der Waals surface area contributed by atoms with Crippen LogP contribution in [-0.2, 0) is 9.59 Å². The Morgan fingerprint density at radius 1 is 1.29 bits per heavy atom. The lowest BCUT2D eigenvalue weighted by Crippen LogP contribution is -2.46. The standard InChI is InChI=1S/C17H23N3O3.ClH/c21-16(19-13-3-1-9-18-11-13)12-23-15-7-5-14(6-8-15)20-10-2-4-17(20)22;/h5-8,13,18H,1-4,9-12H2,(H,19,21);1H. The summed E-state index contributed by atoms with van der Waals surface area (Å²) in [7, 11) is 0. The average Bonchev–Trinajstić information content (AvgIpc) is 3.00. The van der Waals surface area contributed by atoms with E-state index in [0.29, 0.717) is 12.2 Å². The van der Waals surface area contributed by atoms with Crippen LogP contribution >= 0.6 is 12.4 Å². The van der Waals surface area contributed by atoms with E-state index in [0.717, 1.165) is 44.6 Å². The molecule has 1 atom stereocenters. The van der Waals surface area contributed by atoms with Gasteiger partial charge in [-0.2, -0.15) is 0 Å². The summed E-state index contributed by atoms with van der Waals surface area (Å²) in [6, 6.07) is 7.53. The van der Waals surface area contributed by atoms with Gasteiger partial charge in [0.1, 0.15) is 5.75 Å². The van der Waals surface area contributed by atoms with E-state index in [-0.39, 0.29) is 36.9 Å². The Kier molecular flexibility index (Phi) is 6.87. The third-order valence-electron chi connectivity index (χ3n) is 4.25. The molecule has 0 aromatic heterocycles. The fourth-order valence-electron chi connectivity index (χ4n) is 3.04. The van der Waals surface area contributed by atoms with E-state index < -0.39 is 0 Å². The molecule has 2 N–H and O–H groups in total. The minimum Gasteiger partial charge on any atom is -0.484 e. The van der Waals surface area contributed by atoms with E-state index in [1.54, 1.807) is 17.0 Å². The summed E-state index contributed by atoms with van der Waals surface area (Å²) in [4.78, 5) is 25.4. The number of piperidine rings is 1. The molecule has 1 unspecified atom stereocenters. The topological polar surface area (TPSA) is 70.7 Å². The number of nitrogens with zero attached hydrogens (tertiary/aromatic N) is 1. The van der Waals surface area contributed by atoms with E-state index >= 15 is 0 Å². The van der Waals surface area contributed by atoms with Crippen molar-refractivity contribution < 1.29 is 14.3 Å². The number of hydrogen-bond donors (Lipinski definition) is 2. The van der Waals surface area contributed by atoms with Gasteiger partial charge in [-0.25, -0.2) is 0 Å². The SMILES string of the molecule is Cl.O=C(COc1ccc(N2CCCC2=O)cc1)NC1CCCNC1. The van der Waals surface area contributed by atoms with Gasteiger partial charge in [-0.3, -0.25) is 9.59 Å². The predicted molar refractivity (Wildman–Crippen MR) is 94.8 cm³/mol. The molecule has 0 saturated carbocycles. The van der Waals surface area contributed by atoms with Crippen molar-refractivity contribution in [3.05, 3.63) is 24.3 Å². The highest BCUT2D eigenvalue weighted by atomic mass is 35.5. The van der Waals surface area contributed by atoms with Crippen molar-refractivity contribution in [2.24, 2.45) is 0 Å². The quantitative estimate of drug-likeness (QED) is 0.841. The molecule has 1 aromatic carbocycles. The molecule has 24 heavy (non-hydrogen) atoms. The molecule has 7 heteroatoms. The Morgan fingerprint density at radius 2 is 2.08 bits per heavy atom. The van der Waals surface area contributed by atoms with Gasteiger partial charge in [0.2, 0.25) is 5.91 Å². The van der Waals surface area contributed by atoms with Crippen LogP contribution < -0.4 is 20.3 Å². The van der Waals surface area contributed by atoms with Gasteiger partial charge in [0.05, 0.1) is 0 Å². The van der Waals surface area contributed by atoms with E-state index in [9.17, 15) is 9.59 Å². The first-order chi connectivity index (χ1) is 11.2. The van der Waals surface area contributed by atoms with E-state index in [1.165, 1.54) is 0 Å². The molecule has 1 aromatic rings. The Labute approximate surface area is 148 Å². The molecular weight excluding hydrogens is 330 g/mol. The minimum atomic E-state index is -0.0995. The third kappa shape index (κ3) is 4.85. The number of carbonyl (C=O) groups is 2. The molecule has 0 radical (unpaired) electrons. The van der Waals surface area contributed by atoms with Crippen LogP contribution in [0.4, 0.5) is 5.69 Å². The zero-order valence-corrected chi connectivity index (χ0v) is 14.4. The molecule has 2 aliphatic rings. The van der Waals surface area contributed by atoms with Crippen molar-refractivity contribution in [3.63, 3.8) is 0 Å². The first-order valence-corrected chi connectivity index (χ1v) is 8.26. The zero-order valence-electron chi connectivity index (χ0n) is 13.6. The summed E-state index contributed by atoms with van der Waals surface area (Å²) in [5, 5.41) is 6.23. The summed E-state index contributed by atoms with van der Waals surface area (Å²) in [6.45, 7) is 2.63. The maximum Gasteiger partial charge on any atom is 0.258 e. The van der Waals surface area contributed by atoms with Crippen LogP contribution in [0.3, 0.4) is 0 Å². The Bertz CT molecular complexity index is 559. The molecule has 2 heterocycles. The molecule has 2 amide bonds. The second-order valence-corrected chi connectivity index (χ2v) is 6.04. The Balaban J connectivity index is 0.00000208. The lowest BCUT2D eigenvalue weighted by atomic mass is 10.1. The van der Waals surface area contributed by atoms with Gasteiger partial charge in [-0.05, 0) is 50.1 Å². The summed E-state index contributed by atoms with van der Waals surface area (Å²) in [6.07, 6.45) is 3.63. The van der Waals surface area contributed by atoms with Gasteiger partial charge in [0.15, 0.2) is 6.61 Å². The van der Waals surface area contributed by atoms with E-state index in [4.69, 9.17) is 4.74 Å². The molecule has 2 saturated heterocycles. The van der Waals surface area contributed by atoms with Gasteiger partial charge in [0.25, 0.3) is 5.91 Å². The molecule has 6 nitrogen and oxygen atoms in total. The fraction of sp³-hybridized carbons (Fsp3) is 0.529. The van der Waals surface area contributed by atoms with Gasteiger partial charge >= 0.3 is 0 Å². The highest BCUT2D eigenvalue weighted by molar-refractivity contribution is 5.95. The average molecular weight is 354 g/mol. The third-order valence-corrected chi connectivity index (χ3v) is 4.25. The van der Waals surface area contributed by atoms with Gasteiger partial charge in [-0.15, -0.1) is 12.4 Å². The normalized spacial score (nSPS) is 20.4. The number of ether oxygens (including phenoxy) is 1. The van der Waals surface area contributed by atoms with Crippen LogP contribution in [0.1, 0.15) is 25.7 Å². The van der Waals surface area contributed by atoms with Crippen molar-refractivity contribution in [1.29, 1.82) is 0 Å². The number of hydrogen-bond acceptors (Lipinski definition) is 4. The molecule has 2 fully saturated rings. The smallest absolute Gasteiger partial charge is 0.258 e. The number of amides is 2. The second kappa shape index (κ2) is 8.89. The molecule has 0 aliphatic carbocycles. The monoisotopic (exact) mass is 353 g/mol. The summed E-state index contributed by atoms with van der Waals surface area (Å²) in [5.41, 5.74) is 0.887. The number of benzene rings is 1. The fourth-order valence-corrected chi connectivity index (χ4v) is 3.04. The maximum absolute atomic E-state index is 11.9. The summed E-state index contributed by atoms with van der Waals surface area (Å²) in [5.74, 6) is 0.703. The van der Waals surface area contributed by atoms with Crippen molar-refractivity contribution >= 4 is 29.9 Å². The first-order valence-electron chi connectivity index (χ1n) is 8.26. The molecule has 132 valence electrons. The number of carbonyl (C=O) groups excluding carboxylic acids is 2. The predicted octanol–water partition coefficient (Wildman–Crippen LogP) is 1.48. The summed E-state index contributed by atoms with van der Waals surface area (Å²) < 4.78 is 5.52. The maximum atomic E-state index is 11.9. The molecule has 0 bridgehead atoms. The van der Waals surface area contributed by atoms with E-state index in [1.807, 2.05) is 12.1 Å². The molecule has 0 spiro atoms. The van der Waals surface area contributed by atoms with Crippen molar-refractivity contribution in [3.8, 4) is 5.75 Å². The molecular formula is C17H24ClN3O3. The van der Waals surface area contributed by atoms with Crippen LogP contribution in [0, 0.1) is 0 Å². The first kappa shape index (κ1) is 18.5. The number of anilines is 1. The van der Waals surface area contributed by atoms with Crippen LogP contribution in [0.15, 0.2) is 24.3 Å². The van der Waals surface area contributed by atoms with Gasteiger partial charge < -0.3 is 20.3 Å². The highest BCUT2D eigenvalue weighted by Gasteiger charge is 2.21. The van der Waals surface area contributed by atoms with Crippen molar-refractivity contribution in [1.82, 2.24) is 10.6 Å². The zero-order chi connectivity index (χ0) is 16.1. The molecule has 3 rings (SSSR count). The molecule has 2 aliphatic heterocycles. The van der Waals surface area contributed by atoms with Gasteiger partial charge in [-0.1, -0.05) is 0 Å². The highest BCUT2D eigenvalue weighted by Crippen LogP contribution is 2.23. The largest absolute Gasteiger partial charge is 0.484 e. The van der Waals surface area contributed by atoms with Crippen molar-refractivity contribution in [2.45, 2.75) is 31.7 Å². The number of nitrogens with one attached hydrogen (secondary N) is 2. The van der Waals surface area contributed by atoms with Crippen LogP contribution in [0.5, 0.6) is 5.75 Å². The number of halogens is 1. The van der Waals surface area contributed by atoms with Crippen LogP contribution in [0.25, 0.3) is 0 Å². The Hall–Kier alpha value is -1.79. The van der Waals surface area contributed by atoms with Crippen LogP contribution in [0.2, 0.25) is 0 Å². The summed E-state index contributed by atoms with van der Waals surface area (Å²) >= 11 is 0. The van der Waals surface area contributed by atoms with Crippen molar-refractivity contribution in [2.75, 3.05) is 31.1 Å². The minimum absolute atomic E-state index is 0. The number of rotatable bonds is 5. The lowest BCUT2D eigenvalue weighted by molar-refractivity contribution is -0.124. The van der Waals surface area contributed by atoms with Crippen LogP contribution in [-0.4, -0.2) is 44.1 Å². The van der Waals surface area contributed by atoms with E-state index in [2.05, 4.69) is 10.6 Å². The lowest BCUT2D eigenvalue weighted by Gasteiger charge is -2.23. The second-order valence-electron chi connectivity index (χ2n) is 6.04. The van der Waals surface area contributed by atoms with Gasteiger partial charge in [0, 0.05) is 31.2 Å².